The molecule has 0 unspecified atom stereocenters. The second-order valence-corrected chi connectivity index (χ2v) is 6.00. The molecule has 122 valence electrons. The zero-order valence-corrected chi connectivity index (χ0v) is 13.7. The van der Waals surface area contributed by atoms with Crippen LogP contribution in [0.3, 0.4) is 0 Å². The fourth-order valence-electron chi connectivity index (χ4n) is 2.84. The lowest BCUT2D eigenvalue weighted by atomic mass is 9.95. The summed E-state index contributed by atoms with van der Waals surface area (Å²) in [4.78, 5) is 27.4. The van der Waals surface area contributed by atoms with E-state index in [4.69, 9.17) is 9.15 Å². The highest BCUT2D eigenvalue weighted by atomic mass is 16.5. The molecule has 1 aliphatic heterocycles. The third kappa shape index (κ3) is 3.68. The van der Waals surface area contributed by atoms with E-state index in [0.29, 0.717) is 6.54 Å². The number of nitrogens with zero attached hydrogens (tertiary/aromatic N) is 2. The van der Waals surface area contributed by atoms with Crippen LogP contribution < -0.4 is 0 Å². The average Bonchev–Trinajstić information content (AvgIpc) is 2.87. The largest absolute Gasteiger partial charge is 0.463 e. The Balaban J connectivity index is 1.91. The molecular weight excluding hydrogens is 284 g/mol. The summed E-state index contributed by atoms with van der Waals surface area (Å²) in [7, 11) is 4.94. The quantitative estimate of drug-likeness (QED) is 0.792. The second-order valence-electron chi connectivity index (χ2n) is 6.00. The van der Waals surface area contributed by atoms with E-state index < -0.39 is 5.97 Å². The Morgan fingerprint density at radius 1 is 1.36 bits per heavy atom. The molecule has 0 saturated carbocycles. The van der Waals surface area contributed by atoms with E-state index in [1.165, 1.54) is 7.11 Å². The molecule has 0 aliphatic carbocycles. The van der Waals surface area contributed by atoms with Crippen LogP contribution in [0.1, 0.15) is 34.7 Å². The predicted octanol–water partition coefficient (Wildman–Crippen LogP) is 1.67. The summed E-state index contributed by atoms with van der Waals surface area (Å²) in [6.07, 6.45) is 1.72. The normalized spacial score (nSPS) is 16.5. The number of carbonyl (C=O) groups is 2. The number of rotatable bonds is 4. The SMILES string of the molecule is COC(=O)c1oc(CN2CCC(C(=O)N(C)C)CC2)cc1C. The molecule has 1 amide bonds. The van der Waals surface area contributed by atoms with Gasteiger partial charge in [-0.15, -0.1) is 0 Å². The Labute approximate surface area is 131 Å². The minimum atomic E-state index is -0.445. The van der Waals surface area contributed by atoms with Gasteiger partial charge in [0.25, 0.3) is 0 Å². The maximum Gasteiger partial charge on any atom is 0.374 e. The van der Waals surface area contributed by atoms with Crippen molar-refractivity contribution in [2.75, 3.05) is 34.3 Å². The molecule has 0 spiro atoms. The van der Waals surface area contributed by atoms with Gasteiger partial charge in [0.1, 0.15) is 5.76 Å². The standard InChI is InChI=1S/C16H24N2O4/c1-11-9-13(22-14(11)16(20)21-4)10-18-7-5-12(6-8-18)15(19)17(2)3/h9,12H,5-8,10H2,1-4H3. The third-order valence-corrected chi connectivity index (χ3v) is 4.10. The Morgan fingerprint density at radius 3 is 2.55 bits per heavy atom. The zero-order valence-electron chi connectivity index (χ0n) is 13.7. The van der Waals surface area contributed by atoms with Gasteiger partial charge in [0.2, 0.25) is 11.7 Å². The highest BCUT2D eigenvalue weighted by molar-refractivity contribution is 5.87. The van der Waals surface area contributed by atoms with Crippen LogP contribution in [0.2, 0.25) is 0 Å². The van der Waals surface area contributed by atoms with Gasteiger partial charge in [-0.1, -0.05) is 0 Å². The van der Waals surface area contributed by atoms with Gasteiger partial charge in [-0.3, -0.25) is 9.69 Å². The van der Waals surface area contributed by atoms with Crippen LogP contribution >= 0.6 is 0 Å². The maximum atomic E-state index is 12.0. The number of carbonyl (C=O) groups excluding carboxylic acids is 2. The number of hydrogen-bond donors (Lipinski definition) is 0. The number of amides is 1. The summed E-state index contributed by atoms with van der Waals surface area (Å²) in [6, 6.07) is 1.88. The zero-order chi connectivity index (χ0) is 16.3. The molecule has 0 aromatic carbocycles. The molecule has 6 heteroatoms. The van der Waals surface area contributed by atoms with Crippen LogP contribution in [0.5, 0.6) is 0 Å². The van der Waals surface area contributed by atoms with Crippen LogP contribution in [0.4, 0.5) is 0 Å². The molecule has 1 aromatic heterocycles. The highest BCUT2D eigenvalue weighted by Gasteiger charge is 2.27. The first-order valence-corrected chi connectivity index (χ1v) is 7.53. The number of piperidine rings is 1. The van der Waals surface area contributed by atoms with Crippen LogP contribution in [0.25, 0.3) is 0 Å². The minimum Gasteiger partial charge on any atom is -0.463 e. The lowest BCUT2D eigenvalue weighted by Crippen LogP contribution is -2.39. The topological polar surface area (TPSA) is 63.0 Å². The minimum absolute atomic E-state index is 0.121. The van der Waals surface area contributed by atoms with Gasteiger partial charge in [-0.2, -0.15) is 0 Å². The Kier molecular flexibility index (Phi) is 5.24. The van der Waals surface area contributed by atoms with E-state index in [-0.39, 0.29) is 17.6 Å². The van der Waals surface area contributed by atoms with Crippen molar-refractivity contribution in [3.63, 3.8) is 0 Å². The van der Waals surface area contributed by atoms with Gasteiger partial charge in [-0.25, -0.2) is 4.79 Å². The van der Waals surface area contributed by atoms with E-state index in [1.54, 1.807) is 19.0 Å². The van der Waals surface area contributed by atoms with Crippen LogP contribution in [-0.2, 0) is 16.1 Å². The maximum absolute atomic E-state index is 12.0. The highest BCUT2D eigenvalue weighted by Crippen LogP contribution is 2.22. The summed E-state index contributed by atoms with van der Waals surface area (Å²) in [6.45, 7) is 4.21. The predicted molar refractivity (Wildman–Crippen MR) is 81.5 cm³/mol. The number of methoxy groups -OCH3 is 1. The lowest BCUT2D eigenvalue weighted by Gasteiger charge is -2.31. The Bertz CT molecular complexity index is 542. The first-order valence-electron chi connectivity index (χ1n) is 7.53. The van der Waals surface area contributed by atoms with Crippen molar-refractivity contribution in [1.82, 2.24) is 9.80 Å². The van der Waals surface area contributed by atoms with Crippen molar-refractivity contribution in [2.45, 2.75) is 26.3 Å². The van der Waals surface area contributed by atoms with Crippen molar-refractivity contribution >= 4 is 11.9 Å². The van der Waals surface area contributed by atoms with Gasteiger partial charge < -0.3 is 14.1 Å². The van der Waals surface area contributed by atoms with Crippen molar-refractivity contribution < 1.29 is 18.7 Å². The van der Waals surface area contributed by atoms with Crippen molar-refractivity contribution in [2.24, 2.45) is 5.92 Å². The summed E-state index contributed by atoms with van der Waals surface area (Å²) < 4.78 is 10.3. The fraction of sp³-hybridized carbons (Fsp3) is 0.625. The average molecular weight is 308 g/mol. The fourth-order valence-corrected chi connectivity index (χ4v) is 2.84. The molecule has 22 heavy (non-hydrogen) atoms. The van der Waals surface area contributed by atoms with E-state index >= 15 is 0 Å². The first-order chi connectivity index (χ1) is 10.4. The molecule has 2 rings (SSSR count). The van der Waals surface area contributed by atoms with Gasteiger partial charge in [0.05, 0.1) is 13.7 Å². The van der Waals surface area contributed by atoms with Crippen LogP contribution in [0, 0.1) is 12.8 Å². The second kappa shape index (κ2) is 6.96. The van der Waals surface area contributed by atoms with Gasteiger partial charge in [-0.05, 0) is 38.9 Å². The molecule has 1 aliphatic rings. The Morgan fingerprint density at radius 2 is 2.00 bits per heavy atom. The molecule has 2 heterocycles. The van der Waals surface area contributed by atoms with Gasteiger partial charge in [0.15, 0.2) is 0 Å². The van der Waals surface area contributed by atoms with E-state index in [1.807, 2.05) is 13.0 Å². The van der Waals surface area contributed by atoms with Gasteiger partial charge in [0, 0.05) is 25.6 Å². The van der Waals surface area contributed by atoms with E-state index in [2.05, 4.69) is 4.90 Å². The van der Waals surface area contributed by atoms with Crippen LogP contribution in [0.15, 0.2) is 10.5 Å². The summed E-state index contributed by atoms with van der Waals surface area (Å²) in [5.74, 6) is 0.918. The van der Waals surface area contributed by atoms with Gasteiger partial charge >= 0.3 is 5.97 Å². The molecule has 1 saturated heterocycles. The van der Waals surface area contributed by atoms with Crippen molar-refractivity contribution in [3.05, 3.63) is 23.2 Å². The molecule has 0 atom stereocenters. The van der Waals surface area contributed by atoms with Crippen LogP contribution in [-0.4, -0.2) is 56.0 Å². The van der Waals surface area contributed by atoms with E-state index in [9.17, 15) is 9.59 Å². The number of esters is 1. The van der Waals surface area contributed by atoms with Crippen molar-refractivity contribution in [1.29, 1.82) is 0 Å². The van der Waals surface area contributed by atoms with E-state index in [0.717, 1.165) is 37.3 Å². The number of ether oxygens (including phenoxy) is 1. The molecule has 0 radical (unpaired) electrons. The summed E-state index contributed by atoms with van der Waals surface area (Å²) in [5.41, 5.74) is 0.791. The number of furan rings is 1. The monoisotopic (exact) mass is 308 g/mol. The number of aryl methyl sites for hydroxylation is 1. The molecule has 0 N–H and O–H groups in total. The smallest absolute Gasteiger partial charge is 0.374 e. The molecule has 1 aromatic rings. The van der Waals surface area contributed by atoms with Crippen molar-refractivity contribution in [3.8, 4) is 0 Å². The lowest BCUT2D eigenvalue weighted by molar-refractivity contribution is -0.134. The summed E-state index contributed by atoms with van der Waals surface area (Å²) >= 11 is 0. The number of hydrogen-bond acceptors (Lipinski definition) is 5. The molecule has 1 fully saturated rings. The first kappa shape index (κ1) is 16.5. The third-order valence-electron chi connectivity index (χ3n) is 4.10. The molecule has 6 nitrogen and oxygen atoms in total. The molecule has 0 bridgehead atoms. The number of likely N-dealkylation sites (tertiary alicyclic amines) is 1. The Hall–Kier alpha value is -1.82. The molecular formula is C16H24N2O4. The summed E-state index contributed by atoms with van der Waals surface area (Å²) in [5, 5.41) is 0.